The van der Waals surface area contributed by atoms with E-state index in [4.69, 9.17) is 4.74 Å². The lowest BCUT2D eigenvalue weighted by molar-refractivity contribution is -0.385. The Bertz CT molecular complexity index is 1240. The van der Waals surface area contributed by atoms with Gasteiger partial charge in [0.2, 0.25) is 0 Å². The highest BCUT2D eigenvalue weighted by atomic mass is 79.9. The monoisotopic (exact) mass is 484 g/mol. The van der Waals surface area contributed by atoms with E-state index in [9.17, 15) is 14.9 Å². The lowest BCUT2D eigenvalue weighted by Gasteiger charge is -2.14. The maximum Gasteiger partial charge on any atom is 0.311 e. The molecule has 0 radical (unpaired) electrons. The summed E-state index contributed by atoms with van der Waals surface area (Å²) in [6.45, 7) is 7.66. The van der Waals surface area contributed by atoms with Crippen molar-refractivity contribution in [1.29, 1.82) is 0 Å². The quantitative estimate of drug-likeness (QED) is 0.193. The highest BCUT2D eigenvalue weighted by molar-refractivity contribution is 9.10. The molecule has 3 rings (SSSR count). The number of hydrogen-bond acceptors (Lipinski definition) is 6. The fourth-order valence-corrected chi connectivity index (χ4v) is 3.29. The number of aromatic nitrogens is 2. The molecule has 0 spiro atoms. The second kappa shape index (κ2) is 9.65. The summed E-state index contributed by atoms with van der Waals surface area (Å²) in [7, 11) is 0. The zero-order valence-corrected chi connectivity index (χ0v) is 18.7. The molecule has 0 amide bonds. The van der Waals surface area contributed by atoms with Gasteiger partial charge in [-0.25, -0.2) is 4.98 Å². The van der Waals surface area contributed by atoms with Gasteiger partial charge in [0, 0.05) is 22.0 Å². The van der Waals surface area contributed by atoms with E-state index in [2.05, 4.69) is 32.6 Å². The average Bonchev–Trinajstić information content (AvgIpc) is 2.76. The van der Waals surface area contributed by atoms with Crippen molar-refractivity contribution in [2.24, 2.45) is 5.10 Å². The maximum absolute atomic E-state index is 13.1. The number of nitro benzene ring substituents is 1. The Hall–Kier alpha value is -3.33. The molecule has 2 aromatic carbocycles. The van der Waals surface area contributed by atoms with Crippen molar-refractivity contribution in [3.8, 4) is 5.75 Å². The van der Waals surface area contributed by atoms with E-state index in [1.54, 1.807) is 18.2 Å². The lowest BCUT2D eigenvalue weighted by Crippen LogP contribution is -2.23. The highest BCUT2D eigenvalue weighted by Gasteiger charge is 2.17. The van der Waals surface area contributed by atoms with Crippen molar-refractivity contribution in [2.45, 2.75) is 26.2 Å². The molecule has 0 fully saturated rings. The molecule has 0 aliphatic heterocycles. The molecule has 0 saturated heterocycles. The van der Waals surface area contributed by atoms with Gasteiger partial charge in [-0.05, 0) is 36.8 Å². The standard InChI is InChI=1S/C22H21BrN4O4/c1-4-10-31-20-9-6-15(11-19(20)27(29)30)13-24-26-21(14(3)5-2)25-18-8-7-16(23)12-17(18)22(26)28/h4,6-9,11-14H,1,5,10H2,2-3H3/t14-/m0/s1. The fraction of sp³-hybridized carbons (Fsp3) is 0.227. The Morgan fingerprint density at radius 1 is 1.35 bits per heavy atom. The van der Waals surface area contributed by atoms with Crippen LogP contribution in [-0.2, 0) is 0 Å². The number of ether oxygens (including phenoxy) is 1. The molecular formula is C22H21BrN4O4. The van der Waals surface area contributed by atoms with Crippen LogP contribution in [0.4, 0.5) is 5.69 Å². The number of halogens is 1. The van der Waals surface area contributed by atoms with Gasteiger partial charge in [-0.2, -0.15) is 9.78 Å². The number of rotatable bonds is 8. The molecule has 0 N–H and O–H groups in total. The van der Waals surface area contributed by atoms with Gasteiger partial charge in [0.05, 0.1) is 22.0 Å². The maximum atomic E-state index is 13.1. The van der Waals surface area contributed by atoms with Gasteiger partial charge in [0.1, 0.15) is 12.4 Å². The summed E-state index contributed by atoms with van der Waals surface area (Å²) in [5, 5.41) is 16.2. The number of nitro groups is 1. The Labute approximate surface area is 187 Å². The van der Waals surface area contributed by atoms with E-state index in [1.807, 2.05) is 19.9 Å². The fourth-order valence-electron chi connectivity index (χ4n) is 2.93. The molecule has 1 atom stereocenters. The molecule has 0 bridgehead atoms. The molecule has 3 aromatic rings. The highest BCUT2D eigenvalue weighted by Crippen LogP contribution is 2.27. The third-order valence-electron chi connectivity index (χ3n) is 4.75. The van der Waals surface area contributed by atoms with Crippen LogP contribution in [0.15, 0.2) is 63.4 Å². The predicted octanol–water partition coefficient (Wildman–Crippen LogP) is 5.03. The summed E-state index contributed by atoms with van der Waals surface area (Å²) < 4.78 is 7.36. The second-order valence-electron chi connectivity index (χ2n) is 6.89. The van der Waals surface area contributed by atoms with Crippen LogP contribution in [0.3, 0.4) is 0 Å². The van der Waals surface area contributed by atoms with Gasteiger partial charge in [-0.1, -0.05) is 42.4 Å². The summed E-state index contributed by atoms with van der Waals surface area (Å²) in [4.78, 5) is 28.7. The molecule has 0 unspecified atom stereocenters. The van der Waals surface area contributed by atoms with Gasteiger partial charge in [0.25, 0.3) is 5.56 Å². The van der Waals surface area contributed by atoms with E-state index in [-0.39, 0.29) is 29.5 Å². The minimum atomic E-state index is -0.526. The molecule has 31 heavy (non-hydrogen) atoms. The zero-order valence-electron chi connectivity index (χ0n) is 17.1. The topological polar surface area (TPSA) is 99.6 Å². The molecule has 0 aliphatic rings. The van der Waals surface area contributed by atoms with Gasteiger partial charge in [0.15, 0.2) is 5.75 Å². The van der Waals surface area contributed by atoms with Crippen LogP contribution in [0.2, 0.25) is 0 Å². The normalized spacial score (nSPS) is 12.2. The van der Waals surface area contributed by atoms with Crippen molar-refractivity contribution in [3.63, 3.8) is 0 Å². The average molecular weight is 485 g/mol. The SMILES string of the molecule is C=CCOc1ccc(C=Nn2c([C@@H](C)CC)nc3ccc(Br)cc3c2=O)cc1[N+](=O)[O-]. The van der Waals surface area contributed by atoms with Crippen molar-refractivity contribution >= 4 is 38.7 Å². The van der Waals surface area contributed by atoms with Crippen molar-refractivity contribution in [3.05, 3.63) is 85.4 Å². The van der Waals surface area contributed by atoms with Crippen LogP contribution in [0.1, 0.15) is 37.6 Å². The van der Waals surface area contributed by atoms with Gasteiger partial charge >= 0.3 is 5.69 Å². The second-order valence-corrected chi connectivity index (χ2v) is 7.80. The summed E-state index contributed by atoms with van der Waals surface area (Å²) in [6, 6.07) is 9.80. The number of hydrogen-bond donors (Lipinski definition) is 0. The molecule has 1 aromatic heterocycles. The third-order valence-corrected chi connectivity index (χ3v) is 5.24. The van der Waals surface area contributed by atoms with Crippen molar-refractivity contribution < 1.29 is 9.66 Å². The summed E-state index contributed by atoms with van der Waals surface area (Å²) >= 11 is 3.38. The van der Waals surface area contributed by atoms with Gasteiger partial charge < -0.3 is 4.74 Å². The van der Waals surface area contributed by atoms with Gasteiger partial charge in [-0.3, -0.25) is 14.9 Å². The minimum Gasteiger partial charge on any atom is -0.483 e. The van der Waals surface area contributed by atoms with Crippen LogP contribution in [0.25, 0.3) is 10.9 Å². The van der Waals surface area contributed by atoms with Crippen LogP contribution < -0.4 is 10.3 Å². The van der Waals surface area contributed by atoms with Crippen LogP contribution in [0, 0.1) is 10.1 Å². The van der Waals surface area contributed by atoms with Gasteiger partial charge in [-0.15, -0.1) is 0 Å². The summed E-state index contributed by atoms with van der Waals surface area (Å²) in [6.07, 6.45) is 3.68. The molecule has 0 saturated carbocycles. The van der Waals surface area contributed by atoms with Crippen molar-refractivity contribution in [2.75, 3.05) is 6.61 Å². The first-order chi connectivity index (χ1) is 14.8. The predicted molar refractivity (Wildman–Crippen MR) is 124 cm³/mol. The van der Waals surface area contributed by atoms with Crippen molar-refractivity contribution in [1.82, 2.24) is 9.66 Å². The minimum absolute atomic E-state index is 0.0121. The Balaban J connectivity index is 2.10. The van der Waals surface area contributed by atoms with E-state index in [0.29, 0.717) is 22.3 Å². The smallest absolute Gasteiger partial charge is 0.311 e. The largest absolute Gasteiger partial charge is 0.483 e. The summed E-state index contributed by atoms with van der Waals surface area (Å²) in [5.41, 5.74) is 0.544. The first kappa shape index (κ1) is 22.4. The Kier molecular flexibility index (Phi) is 6.96. The molecular weight excluding hydrogens is 464 g/mol. The van der Waals surface area contributed by atoms with E-state index >= 15 is 0 Å². The third kappa shape index (κ3) is 4.88. The Morgan fingerprint density at radius 3 is 2.81 bits per heavy atom. The number of nitrogens with zero attached hydrogens (tertiary/aromatic N) is 4. The van der Waals surface area contributed by atoms with Crippen LogP contribution in [0.5, 0.6) is 5.75 Å². The van der Waals surface area contributed by atoms with E-state index < -0.39 is 4.92 Å². The zero-order chi connectivity index (χ0) is 22.5. The summed E-state index contributed by atoms with van der Waals surface area (Å²) in [5.74, 6) is 0.651. The van der Waals surface area contributed by atoms with E-state index in [1.165, 1.54) is 29.1 Å². The first-order valence-electron chi connectivity index (χ1n) is 9.64. The molecule has 8 nitrogen and oxygen atoms in total. The number of benzene rings is 2. The van der Waals surface area contributed by atoms with Crippen LogP contribution >= 0.6 is 15.9 Å². The molecule has 9 heteroatoms. The number of fused-ring (bicyclic) bond motifs is 1. The molecule has 160 valence electrons. The van der Waals surface area contributed by atoms with E-state index in [0.717, 1.165) is 10.9 Å². The first-order valence-corrected chi connectivity index (χ1v) is 10.4. The molecule has 1 heterocycles. The Morgan fingerprint density at radius 2 is 2.13 bits per heavy atom. The van der Waals surface area contributed by atoms with Crippen LogP contribution in [-0.4, -0.2) is 27.4 Å². The lowest BCUT2D eigenvalue weighted by atomic mass is 10.1. The molecule has 0 aliphatic carbocycles.